The van der Waals surface area contributed by atoms with Crippen molar-refractivity contribution in [1.82, 2.24) is 10.6 Å². The fraction of sp³-hybridized carbons (Fsp3) is 0.889. The SMILES string of the molecule is CC(NC(N)=O)C1CCCCNC1. The van der Waals surface area contributed by atoms with Crippen molar-refractivity contribution < 1.29 is 4.79 Å². The molecule has 1 fully saturated rings. The van der Waals surface area contributed by atoms with E-state index in [1.54, 1.807) is 0 Å². The van der Waals surface area contributed by atoms with Crippen LogP contribution in [0.25, 0.3) is 0 Å². The monoisotopic (exact) mass is 185 g/mol. The zero-order chi connectivity index (χ0) is 9.68. The molecule has 1 saturated heterocycles. The maximum atomic E-state index is 10.6. The summed E-state index contributed by atoms with van der Waals surface area (Å²) in [5, 5.41) is 6.10. The second kappa shape index (κ2) is 5.07. The Balaban J connectivity index is 2.34. The molecule has 0 aromatic carbocycles. The first-order valence-electron chi connectivity index (χ1n) is 4.97. The Hall–Kier alpha value is -0.770. The summed E-state index contributed by atoms with van der Waals surface area (Å²) in [7, 11) is 0. The molecule has 4 N–H and O–H groups in total. The normalized spacial score (nSPS) is 26.1. The molecule has 2 amide bonds. The highest BCUT2D eigenvalue weighted by Gasteiger charge is 2.19. The van der Waals surface area contributed by atoms with E-state index in [0.717, 1.165) is 13.1 Å². The van der Waals surface area contributed by atoms with E-state index in [1.807, 2.05) is 6.92 Å². The number of rotatable bonds is 2. The molecule has 0 saturated carbocycles. The van der Waals surface area contributed by atoms with Gasteiger partial charge in [-0.25, -0.2) is 4.79 Å². The number of carbonyl (C=O) groups excluding carboxylic acids is 1. The minimum absolute atomic E-state index is 0.183. The zero-order valence-corrected chi connectivity index (χ0v) is 8.18. The zero-order valence-electron chi connectivity index (χ0n) is 8.18. The number of nitrogens with two attached hydrogens (primary N) is 1. The molecule has 1 aliphatic heterocycles. The largest absolute Gasteiger partial charge is 0.352 e. The van der Waals surface area contributed by atoms with Crippen LogP contribution in [-0.2, 0) is 0 Å². The number of hydrogen-bond donors (Lipinski definition) is 3. The fourth-order valence-corrected chi connectivity index (χ4v) is 1.82. The van der Waals surface area contributed by atoms with Gasteiger partial charge in [-0.05, 0) is 38.8 Å². The molecule has 76 valence electrons. The summed E-state index contributed by atoms with van der Waals surface area (Å²) in [6.45, 7) is 4.10. The lowest BCUT2D eigenvalue weighted by atomic mass is 9.96. The van der Waals surface area contributed by atoms with Crippen LogP contribution in [0.2, 0.25) is 0 Å². The average molecular weight is 185 g/mol. The van der Waals surface area contributed by atoms with Crippen LogP contribution >= 0.6 is 0 Å². The predicted molar refractivity (Wildman–Crippen MR) is 52.4 cm³/mol. The Bertz CT molecular complexity index is 164. The third-order valence-corrected chi connectivity index (χ3v) is 2.66. The maximum Gasteiger partial charge on any atom is 0.312 e. The van der Waals surface area contributed by atoms with E-state index in [9.17, 15) is 4.79 Å². The predicted octanol–water partition coefficient (Wildman–Crippen LogP) is 0.433. The van der Waals surface area contributed by atoms with Crippen molar-refractivity contribution in [2.75, 3.05) is 13.1 Å². The first-order valence-corrected chi connectivity index (χ1v) is 4.97. The van der Waals surface area contributed by atoms with Crippen molar-refractivity contribution in [2.24, 2.45) is 11.7 Å². The van der Waals surface area contributed by atoms with Gasteiger partial charge in [0.05, 0.1) is 0 Å². The number of primary amides is 1. The Morgan fingerprint density at radius 3 is 3.08 bits per heavy atom. The molecule has 0 bridgehead atoms. The van der Waals surface area contributed by atoms with E-state index < -0.39 is 6.03 Å². The number of urea groups is 1. The molecule has 4 nitrogen and oxygen atoms in total. The Morgan fingerprint density at radius 1 is 1.62 bits per heavy atom. The Labute approximate surface area is 79.3 Å². The summed E-state index contributed by atoms with van der Waals surface area (Å²) in [5.41, 5.74) is 5.07. The highest BCUT2D eigenvalue weighted by atomic mass is 16.2. The first kappa shape index (κ1) is 10.3. The van der Waals surface area contributed by atoms with Crippen molar-refractivity contribution >= 4 is 6.03 Å². The van der Waals surface area contributed by atoms with E-state index in [1.165, 1.54) is 19.3 Å². The maximum absolute atomic E-state index is 10.6. The summed E-state index contributed by atoms with van der Waals surface area (Å²) in [6.07, 6.45) is 3.65. The number of nitrogens with one attached hydrogen (secondary N) is 2. The van der Waals surface area contributed by atoms with E-state index in [0.29, 0.717) is 5.92 Å². The molecule has 1 heterocycles. The van der Waals surface area contributed by atoms with Crippen molar-refractivity contribution in [3.8, 4) is 0 Å². The second-order valence-corrected chi connectivity index (χ2v) is 3.76. The van der Waals surface area contributed by atoms with Gasteiger partial charge in [-0.3, -0.25) is 0 Å². The molecular formula is C9H19N3O. The van der Waals surface area contributed by atoms with Gasteiger partial charge in [0, 0.05) is 6.04 Å². The van der Waals surface area contributed by atoms with Crippen molar-refractivity contribution in [3.05, 3.63) is 0 Å². The molecule has 0 aliphatic carbocycles. The topological polar surface area (TPSA) is 67.1 Å². The Morgan fingerprint density at radius 2 is 2.38 bits per heavy atom. The molecule has 4 heteroatoms. The highest BCUT2D eigenvalue weighted by molar-refractivity contribution is 5.71. The quantitative estimate of drug-likeness (QED) is 0.584. The van der Waals surface area contributed by atoms with Gasteiger partial charge < -0.3 is 16.4 Å². The molecule has 0 aromatic rings. The standard InChI is InChI=1S/C9H19N3O/c1-7(12-9(10)13)8-4-2-3-5-11-6-8/h7-8,11H,2-6H2,1H3,(H3,10,12,13). The lowest BCUT2D eigenvalue weighted by Gasteiger charge is -2.22. The fourth-order valence-electron chi connectivity index (χ4n) is 1.82. The second-order valence-electron chi connectivity index (χ2n) is 3.76. The molecule has 0 spiro atoms. The van der Waals surface area contributed by atoms with Crippen molar-refractivity contribution in [2.45, 2.75) is 32.2 Å². The molecule has 2 unspecified atom stereocenters. The van der Waals surface area contributed by atoms with E-state index in [-0.39, 0.29) is 6.04 Å². The minimum atomic E-state index is -0.420. The van der Waals surface area contributed by atoms with Gasteiger partial charge in [0.1, 0.15) is 0 Å². The first-order chi connectivity index (χ1) is 6.20. The molecule has 1 aliphatic rings. The Kier molecular flexibility index (Phi) is 4.02. The van der Waals surface area contributed by atoms with Crippen LogP contribution in [0.1, 0.15) is 26.2 Å². The van der Waals surface area contributed by atoms with E-state index >= 15 is 0 Å². The summed E-state index contributed by atoms with van der Waals surface area (Å²) in [5.74, 6) is 0.523. The lowest BCUT2D eigenvalue weighted by Crippen LogP contribution is -2.43. The molecule has 0 radical (unpaired) electrons. The summed E-state index contributed by atoms with van der Waals surface area (Å²) in [6, 6.07) is -0.236. The third kappa shape index (κ3) is 3.63. The molecule has 1 rings (SSSR count). The van der Waals surface area contributed by atoms with Crippen LogP contribution in [0.5, 0.6) is 0 Å². The molecule has 13 heavy (non-hydrogen) atoms. The minimum Gasteiger partial charge on any atom is -0.352 e. The molecular weight excluding hydrogens is 166 g/mol. The van der Waals surface area contributed by atoms with Crippen LogP contribution < -0.4 is 16.4 Å². The average Bonchev–Trinajstić information content (AvgIpc) is 2.29. The van der Waals surface area contributed by atoms with Crippen LogP contribution in [-0.4, -0.2) is 25.2 Å². The summed E-state index contributed by atoms with van der Waals surface area (Å²) < 4.78 is 0. The van der Waals surface area contributed by atoms with Gasteiger partial charge in [-0.1, -0.05) is 6.42 Å². The van der Waals surface area contributed by atoms with Gasteiger partial charge in [-0.2, -0.15) is 0 Å². The van der Waals surface area contributed by atoms with Gasteiger partial charge in [0.15, 0.2) is 0 Å². The van der Waals surface area contributed by atoms with Crippen LogP contribution in [0, 0.1) is 5.92 Å². The third-order valence-electron chi connectivity index (χ3n) is 2.66. The smallest absolute Gasteiger partial charge is 0.312 e. The summed E-state index contributed by atoms with van der Waals surface area (Å²) >= 11 is 0. The highest BCUT2D eigenvalue weighted by Crippen LogP contribution is 2.14. The summed E-state index contributed by atoms with van der Waals surface area (Å²) in [4.78, 5) is 10.6. The molecule has 0 aromatic heterocycles. The van der Waals surface area contributed by atoms with Crippen molar-refractivity contribution in [3.63, 3.8) is 0 Å². The lowest BCUT2D eigenvalue weighted by molar-refractivity contribution is 0.239. The van der Waals surface area contributed by atoms with E-state index in [2.05, 4.69) is 10.6 Å². The van der Waals surface area contributed by atoms with Gasteiger partial charge in [-0.15, -0.1) is 0 Å². The number of hydrogen-bond acceptors (Lipinski definition) is 2. The van der Waals surface area contributed by atoms with E-state index in [4.69, 9.17) is 5.73 Å². The van der Waals surface area contributed by atoms with Gasteiger partial charge in [0.25, 0.3) is 0 Å². The van der Waals surface area contributed by atoms with Crippen LogP contribution in [0.4, 0.5) is 4.79 Å². The van der Waals surface area contributed by atoms with Crippen LogP contribution in [0.3, 0.4) is 0 Å². The number of carbonyl (C=O) groups is 1. The number of amides is 2. The van der Waals surface area contributed by atoms with Gasteiger partial charge >= 0.3 is 6.03 Å². The molecule has 2 atom stereocenters. The van der Waals surface area contributed by atoms with Crippen molar-refractivity contribution in [1.29, 1.82) is 0 Å². The van der Waals surface area contributed by atoms with Crippen LogP contribution in [0.15, 0.2) is 0 Å². The van der Waals surface area contributed by atoms with Gasteiger partial charge in [0.2, 0.25) is 0 Å².